The first-order valence-corrected chi connectivity index (χ1v) is 7.74. The second-order valence-electron chi connectivity index (χ2n) is 5.90. The molecule has 0 aliphatic carbocycles. The van der Waals surface area contributed by atoms with E-state index in [0.717, 1.165) is 12.1 Å². The lowest BCUT2D eigenvalue weighted by molar-refractivity contribution is -0.171. The molecule has 7 nitrogen and oxygen atoms in total. The SMILES string of the molecule is O=C1CC(C(=O)ON2C(=O)c3ccccc3C2=O)c2ccc(F)cc2N1. The standard InChI is InChI=1S/C18H11FN2O5/c19-9-5-6-10-13(8-15(22)20-14(10)7-9)18(25)26-21-16(23)11-3-1-2-4-12(11)17(21)24/h1-7,13H,8H2,(H,20,22). The molecule has 1 atom stereocenters. The maximum atomic E-state index is 13.4. The summed E-state index contributed by atoms with van der Waals surface area (Å²) in [5, 5.41) is 2.87. The van der Waals surface area contributed by atoms with Crippen molar-refractivity contribution in [2.75, 3.05) is 5.32 Å². The van der Waals surface area contributed by atoms with E-state index in [2.05, 4.69) is 5.32 Å². The first-order chi connectivity index (χ1) is 12.5. The van der Waals surface area contributed by atoms with Crippen LogP contribution in [0.15, 0.2) is 42.5 Å². The van der Waals surface area contributed by atoms with Gasteiger partial charge in [-0.05, 0) is 29.8 Å². The zero-order valence-electron chi connectivity index (χ0n) is 13.2. The van der Waals surface area contributed by atoms with Crippen molar-refractivity contribution in [2.24, 2.45) is 0 Å². The molecular formula is C18H11FN2O5. The molecule has 0 aromatic heterocycles. The van der Waals surface area contributed by atoms with Crippen molar-refractivity contribution in [2.45, 2.75) is 12.3 Å². The molecule has 1 unspecified atom stereocenters. The number of hydroxylamine groups is 2. The van der Waals surface area contributed by atoms with E-state index < -0.39 is 35.4 Å². The third-order valence-corrected chi connectivity index (χ3v) is 4.28. The number of carbonyl (C=O) groups is 4. The average Bonchev–Trinajstić information content (AvgIpc) is 2.86. The van der Waals surface area contributed by atoms with Gasteiger partial charge in [0.05, 0.1) is 17.0 Å². The van der Waals surface area contributed by atoms with Crippen LogP contribution in [-0.4, -0.2) is 28.8 Å². The zero-order chi connectivity index (χ0) is 18.4. The van der Waals surface area contributed by atoms with E-state index in [9.17, 15) is 23.6 Å². The van der Waals surface area contributed by atoms with Gasteiger partial charge in [-0.1, -0.05) is 23.3 Å². The topological polar surface area (TPSA) is 92.8 Å². The molecule has 2 aliphatic rings. The zero-order valence-corrected chi connectivity index (χ0v) is 13.2. The van der Waals surface area contributed by atoms with E-state index in [1.807, 2.05) is 0 Å². The summed E-state index contributed by atoms with van der Waals surface area (Å²) in [7, 11) is 0. The van der Waals surface area contributed by atoms with Crippen LogP contribution in [0, 0.1) is 5.82 Å². The second-order valence-corrected chi connectivity index (χ2v) is 5.90. The molecule has 0 saturated carbocycles. The van der Waals surface area contributed by atoms with Crippen LogP contribution in [0.1, 0.15) is 38.6 Å². The third-order valence-electron chi connectivity index (χ3n) is 4.28. The van der Waals surface area contributed by atoms with Gasteiger partial charge in [0.15, 0.2) is 0 Å². The summed E-state index contributed by atoms with van der Waals surface area (Å²) in [6.45, 7) is 0. The highest BCUT2D eigenvalue weighted by Crippen LogP contribution is 2.34. The predicted molar refractivity (Wildman–Crippen MR) is 85.4 cm³/mol. The first kappa shape index (κ1) is 15.9. The number of imide groups is 1. The summed E-state index contributed by atoms with van der Waals surface area (Å²) >= 11 is 0. The number of nitrogens with one attached hydrogen (secondary N) is 1. The number of benzene rings is 2. The van der Waals surface area contributed by atoms with Gasteiger partial charge in [0.1, 0.15) is 5.82 Å². The Kier molecular flexibility index (Phi) is 3.54. The molecule has 3 amide bonds. The van der Waals surface area contributed by atoms with Crippen LogP contribution in [0.25, 0.3) is 0 Å². The number of hydrogen-bond donors (Lipinski definition) is 1. The first-order valence-electron chi connectivity index (χ1n) is 7.74. The lowest BCUT2D eigenvalue weighted by Crippen LogP contribution is -2.36. The highest BCUT2D eigenvalue weighted by atomic mass is 19.1. The fraction of sp³-hybridized carbons (Fsp3) is 0.111. The van der Waals surface area contributed by atoms with Gasteiger partial charge in [0.25, 0.3) is 11.8 Å². The predicted octanol–water partition coefficient (Wildman–Crippen LogP) is 2.01. The maximum Gasteiger partial charge on any atom is 0.341 e. The molecule has 0 fully saturated rings. The van der Waals surface area contributed by atoms with Gasteiger partial charge in [-0.2, -0.15) is 0 Å². The molecule has 2 aliphatic heterocycles. The van der Waals surface area contributed by atoms with Gasteiger partial charge >= 0.3 is 5.97 Å². The van der Waals surface area contributed by atoms with Crippen LogP contribution in [0.4, 0.5) is 10.1 Å². The highest BCUT2D eigenvalue weighted by Gasteiger charge is 2.41. The van der Waals surface area contributed by atoms with Crippen LogP contribution in [0.3, 0.4) is 0 Å². The summed E-state index contributed by atoms with van der Waals surface area (Å²) in [5.74, 6) is -4.56. The van der Waals surface area contributed by atoms with E-state index >= 15 is 0 Å². The normalized spacial score (nSPS) is 18.3. The Hall–Kier alpha value is -3.55. The quantitative estimate of drug-likeness (QED) is 0.833. The molecule has 0 radical (unpaired) electrons. The van der Waals surface area contributed by atoms with Crippen molar-refractivity contribution >= 4 is 29.4 Å². The van der Waals surface area contributed by atoms with Crippen LogP contribution in [0.5, 0.6) is 0 Å². The van der Waals surface area contributed by atoms with Gasteiger partial charge in [0.2, 0.25) is 5.91 Å². The van der Waals surface area contributed by atoms with Crippen LogP contribution >= 0.6 is 0 Å². The molecule has 130 valence electrons. The fourth-order valence-corrected chi connectivity index (χ4v) is 3.05. The molecule has 2 aromatic carbocycles. The lowest BCUT2D eigenvalue weighted by Gasteiger charge is -2.25. The Morgan fingerprint density at radius 2 is 1.73 bits per heavy atom. The van der Waals surface area contributed by atoms with Gasteiger partial charge in [-0.15, -0.1) is 0 Å². The molecule has 2 heterocycles. The summed E-state index contributed by atoms with van der Waals surface area (Å²) in [5.41, 5.74) is 0.779. The molecule has 0 bridgehead atoms. The Bertz CT molecular complexity index is 952. The summed E-state index contributed by atoms with van der Waals surface area (Å²) in [4.78, 5) is 53.9. The second kappa shape index (κ2) is 5.76. The van der Waals surface area contributed by atoms with E-state index in [-0.39, 0.29) is 23.2 Å². The van der Waals surface area contributed by atoms with Crippen LogP contribution in [-0.2, 0) is 14.4 Å². The minimum Gasteiger partial charge on any atom is -0.329 e. The number of hydrogen-bond acceptors (Lipinski definition) is 5. The van der Waals surface area contributed by atoms with E-state index in [4.69, 9.17) is 4.84 Å². The number of fused-ring (bicyclic) bond motifs is 2. The summed E-state index contributed by atoms with van der Waals surface area (Å²) in [6, 6.07) is 9.69. The Labute approximate surface area is 146 Å². The number of anilines is 1. The van der Waals surface area contributed by atoms with Crippen molar-refractivity contribution in [3.05, 3.63) is 65.0 Å². The number of halogens is 1. The van der Waals surface area contributed by atoms with E-state index in [0.29, 0.717) is 10.6 Å². The number of carbonyl (C=O) groups excluding carboxylic acids is 4. The summed E-state index contributed by atoms with van der Waals surface area (Å²) in [6.07, 6.45) is -0.235. The minimum atomic E-state index is -1.05. The number of nitrogens with zero attached hydrogens (tertiary/aromatic N) is 1. The van der Waals surface area contributed by atoms with Crippen LogP contribution in [0.2, 0.25) is 0 Å². The molecule has 0 spiro atoms. The molecule has 2 aromatic rings. The van der Waals surface area contributed by atoms with Crippen molar-refractivity contribution in [3.63, 3.8) is 0 Å². The summed E-state index contributed by atoms with van der Waals surface area (Å²) < 4.78 is 13.4. The fourth-order valence-electron chi connectivity index (χ4n) is 3.05. The number of rotatable bonds is 2. The molecule has 26 heavy (non-hydrogen) atoms. The maximum absolute atomic E-state index is 13.4. The average molecular weight is 354 g/mol. The largest absolute Gasteiger partial charge is 0.341 e. The highest BCUT2D eigenvalue weighted by molar-refractivity contribution is 6.21. The smallest absolute Gasteiger partial charge is 0.329 e. The molecule has 0 saturated heterocycles. The Morgan fingerprint density at radius 3 is 2.38 bits per heavy atom. The van der Waals surface area contributed by atoms with Gasteiger partial charge in [-0.25, -0.2) is 9.18 Å². The Morgan fingerprint density at radius 1 is 1.08 bits per heavy atom. The van der Waals surface area contributed by atoms with E-state index in [1.165, 1.54) is 18.2 Å². The van der Waals surface area contributed by atoms with Gasteiger partial charge < -0.3 is 10.2 Å². The molecule has 1 N–H and O–H groups in total. The monoisotopic (exact) mass is 354 g/mol. The van der Waals surface area contributed by atoms with Gasteiger partial charge in [-0.3, -0.25) is 14.4 Å². The number of amides is 3. The van der Waals surface area contributed by atoms with Crippen LogP contribution < -0.4 is 5.32 Å². The molecule has 8 heteroatoms. The third kappa shape index (κ3) is 2.43. The van der Waals surface area contributed by atoms with Crippen molar-refractivity contribution in [3.8, 4) is 0 Å². The van der Waals surface area contributed by atoms with Crippen molar-refractivity contribution < 1.29 is 28.4 Å². The Balaban J connectivity index is 1.61. The van der Waals surface area contributed by atoms with Crippen molar-refractivity contribution in [1.29, 1.82) is 0 Å². The van der Waals surface area contributed by atoms with E-state index in [1.54, 1.807) is 12.1 Å². The van der Waals surface area contributed by atoms with Gasteiger partial charge in [0, 0.05) is 12.1 Å². The molecular weight excluding hydrogens is 343 g/mol. The lowest BCUT2D eigenvalue weighted by atomic mass is 9.90. The molecule has 4 rings (SSSR count). The van der Waals surface area contributed by atoms with Crippen molar-refractivity contribution in [1.82, 2.24) is 5.06 Å². The minimum absolute atomic E-state index is 0.133.